The predicted molar refractivity (Wildman–Crippen MR) is 79.5 cm³/mol. The van der Waals surface area contributed by atoms with Crippen LogP contribution >= 0.6 is 23.2 Å². The lowest BCUT2D eigenvalue weighted by molar-refractivity contribution is 0.897. The lowest BCUT2D eigenvalue weighted by Crippen LogP contribution is -1.93. The molecular weight excluding hydrogens is 297 g/mol. The van der Waals surface area contributed by atoms with E-state index in [2.05, 4.69) is 20.1 Å². The predicted octanol–water partition coefficient (Wildman–Crippen LogP) is 3.32. The molecule has 0 saturated carbocycles. The highest BCUT2D eigenvalue weighted by atomic mass is 35.5. The summed E-state index contributed by atoms with van der Waals surface area (Å²) in [6.07, 6.45) is 3.24. The fourth-order valence-corrected chi connectivity index (χ4v) is 2.21. The summed E-state index contributed by atoms with van der Waals surface area (Å²) in [5.74, 6) is 0. The summed E-state index contributed by atoms with van der Waals surface area (Å²) in [4.78, 5) is 12.0. The minimum absolute atomic E-state index is 0.0648. The molecule has 0 atom stereocenters. The van der Waals surface area contributed by atoms with Crippen LogP contribution in [0.4, 0.5) is 0 Å². The number of hydrogen-bond donors (Lipinski definition) is 0. The number of halogens is 2. The smallest absolute Gasteiger partial charge is 0.225 e. The number of fused-ring (bicyclic) bond motifs is 1. The fourth-order valence-electron chi connectivity index (χ4n) is 1.79. The second kappa shape index (κ2) is 5.19. The molecule has 0 amide bonds. The Labute approximate surface area is 124 Å². The quantitative estimate of drug-likeness (QED) is 0.414. The summed E-state index contributed by atoms with van der Waals surface area (Å²) < 4.78 is 1.51. The van der Waals surface area contributed by atoms with Gasteiger partial charge in [0.15, 0.2) is 10.8 Å². The molecule has 0 radical (unpaired) electrons. The average Bonchev–Trinajstić information content (AvgIpc) is 2.80. The van der Waals surface area contributed by atoms with Crippen molar-refractivity contribution in [2.75, 3.05) is 0 Å². The maximum absolute atomic E-state index is 5.95. The molecule has 0 unspecified atom stereocenters. The zero-order valence-electron chi connectivity index (χ0n) is 10.5. The van der Waals surface area contributed by atoms with Crippen molar-refractivity contribution >= 4 is 40.6 Å². The summed E-state index contributed by atoms with van der Waals surface area (Å²) in [5.41, 5.74) is 3.09. The van der Waals surface area contributed by atoms with E-state index in [0.717, 1.165) is 11.1 Å². The van der Waals surface area contributed by atoms with Crippen molar-refractivity contribution in [1.29, 1.82) is 0 Å². The Morgan fingerprint density at radius 1 is 1.25 bits per heavy atom. The molecule has 0 aliphatic rings. The van der Waals surface area contributed by atoms with Crippen molar-refractivity contribution in [3.05, 3.63) is 52.2 Å². The molecule has 7 heteroatoms. The monoisotopic (exact) mass is 305 g/mol. The first-order valence-corrected chi connectivity index (χ1v) is 6.56. The number of rotatable bonds is 2. The maximum atomic E-state index is 5.95. The van der Waals surface area contributed by atoms with Gasteiger partial charge in [-0.1, -0.05) is 41.4 Å². The molecule has 0 aliphatic heterocycles. The summed E-state index contributed by atoms with van der Waals surface area (Å²) in [5, 5.41) is 4.59. The number of imidazole rings is 1. The van der Waals surface area contributed by atoms with E-state index in [1.807, 2.05) is 31.2 Å². The Bertz CT molecular complexity index is 810. The van der Waals surface area contributed by atoms with Crippen molar-refractivity contribution in [2.45, 2.75) is 6.92 Å². The number of nitrogens with zero attached hydrogens (tertiary/aromatic N) is 5. The molecule has 20 heavy (non-hydrogen) atoms. The molecule has 3 rings (SSSR count). The first-order valence-electron chi connectivity index (χ1n) is 5.80. The molecule has 3 aromatic rings. The zero-order chi connectivity index (χ0) is 14.1. The van der Waals surface area contributed by atoms with E-state index in [0.29, 0.717) is 11.2 Å². The Morgan fingerprint density at radius 3 is 2.90 bits per heavy atom. The fraction of sp³-hybridized carbons (Fsp3) is 0.0769. The highest BCUT2D eigenvalue weighted by Gasteiger charge is 2.10. The van der Waals surface area contributed by atoms with Gasteiger partial charge in [0.2, 0.25) is 5.28 Å². The third-order valence-corrected chi connectivity index (χ3v) is 3.11. The van der Waals surface area contributed by atoms with E-state index in [1.54, 1.807) is 6.21 Å². The second-order valence-electron chi connectivity index (χ2n) is 4.20. The zero-order valence-corrected chi connectivity index (χ0v) is 12.0. The first-order chi connectivity index (χ1) is 9.63. The van der Waals surface area contributed by atoms with Crippen LogP contribution < -0.4 is 0 Å². The lowest BCUT2D eigenvalue weighted by atomic mass is 10.2. The van der Waals surface area contributed by atoms with E-state index >= 15 is 0 Å². The number of aromatic nitrogens is 4. The van der Waals surface area contributed by atoms with Crippen molar-refractivity contribution in [3.63, 3.8) is 0 Å². The standard InChI is InChI=1S/C13H9Cl2N5/c1-8-3-2-4-9(5-8)6-17-20-7-16-10-11(14)18-13(15)19-12(10)20/h2-7H,1H3. The van der Waals surface area contributed by atoms with E-state index in [1.165, 1.54) is 11.0 Å². The van der Waals surface area contributed by atoms with Gasteiger partial charge < -0.3 is 0 Å². The van der Waals surface area contributed by atoms with E-state index in [-0.39, 0.29) is 10.4 Å². The molecule has 0 spiro atoms. The summed E-state index contributed by atoms with van der Waals surface area (Å²) >= 11 is 11.7. The van der Waals surface area contributed by atoms with Crippen molar-refractivity contribution in [3.8, 4) is 0 Å². The van der Waals surface area contributed by atoms with Crippen LogP contribution in [-0.4, -0.2) is 25.8 Å². The van der Waals surface area contributed by atoms with Gasteiger partial charge in [0.25, 0.3) is 0 Å². The lowest BCUT2D eigenvalue weighted by Gasteiger charge is -1.98. The SMILES string of the molecule is Cc1cccc(C=Nn2cnc3c(Cl)nc(Cl)nc32)c1. The third kappa shape index (κ3) is 2.50. The third-order valence-electron chi connectivity index (χ3n) is 2.68. The van der Waals surface area contributed by atoms with E-state index in [9.17, 15) is 0 Å². The van der Waals surface area contributed by atoms with Gasteiger partial charge in [0.1, 0.15) is 11.8 Å². The van der Waals surface area contributed by atoms with Crippen LogP contribution in [0, 0.1) is 6.92 Å². The van der Waals surface area contributed by atoms with Crippen molar-refractivity contribution in [1.82, 2.24) is 19.6 Å². The van der Waals surface area contributed by atoms with E-state index < -0.39 is 0 Å². The molecule has 2 aromatic heterocycles. The molecule has 0 saturated heterocycles. The van der Waals surface area contributed by atoms with Gasteiger partial charge in [-0.05, 0) is 24.1 Å². The summed E-state index contributed by atoms with van der Waals surface area (Å²) in [7, 11) is 0. The summed E-state index contributed by atoms with van der Waals surface area (Å²) in [6, 6.07) is 7.98. The molecule has 0 bridgehead atoms. The van der Waals surface area contributed by atoms with E-state index in [4.69, 9.17) is 23.2 Å². The molecular formula is C13H9Cl2N5. The molecule has 0 N–H and O–H groups in total. The Morgan fingerprint density at radius 2 is 2.10 bits per heavy atom. The normalized spacial score (nSPS) is 11.6. The average molecular weight is 306 g/mol. The topological polar surface area (TPSA) is 56.0 Å². The number of aryl methyl sites for hydroxylation is 1. The largest absolute Gasteiger partial charge is 0.230 e. The summed E-state index contributed by atoms with van der Waals surface area (Å²) in [6.45, 7) is 2.02. The molecule has 1 aromatic carbocycles. The molecule has 2 heterocycles. The van der Waals surface area contributed by atoms with Crippen LogP contribution in [0.25, 0.3) is 11.2 Å². The van der Waals surface area contributed by atoms with Gasteiger partial charge in [-0.2, -0.15) is 10.1 Å². The highest BCUT2D eigenvalue weighted by molar-refractivity contribution is 6.35. The van der Waals surface area contributed by atoms with Crippen LogP contribution in [0.15, 0.2) is 35.7 Å². The molecule has 5 nitrogen and oxygen atoms in total. The van der Waals surface area contributed by atoms with Gasteiger partial charge >= 0.3 is 0 Å². The van der Waals surface area contributed by atoms with Crippen LogP contribution in [0.1, 0.15) is 11.1 Å². The van der Waals surface area contributed by atoms with Crippen molar-refractivity contribution in [2.24, 2.45) is 5.10 Å². The van der Waals surface area contributed by atoms with Gasteiger partial charge in [0.05, 0.1) is 6.21 Å². The molecule has 100 valence electrons. The minimum atomic E-state index is 0.0648. The van der Waals surface area contributed by atoms with Crippen LogP contribution in [0.3, 0.4) is 0 Å². The number of hydrogen-bond acceptors (Lipinski definition) is 4. The van der Waals surface area contributed by atoms with Gasteiger partial charge in [-0.15, -0.1) is 0 Å². The highest BCUT2D eigenvalue weighted by Crippen LogP contribution is 2.20. The second-order valence-corrected chi connectivity index (χ2v) is 4.90. The van der Waals surface area contributed by atoms with Gasteiger partial charge in [-0.25, -0.2) is 14.6 Å². The first kappa shape index (κ1) is 13.0. The Hall–Kier alpha value is -1.98. The minimum Gasteiger partial charge on any atom is -0.230 e. The Balaban J connectivity index is 2.03. The number of benzene rings is 1. The maximum Gasteiger partial charge on any atom is 0.225 e. The van der Waals surface area contributed by atoms with Crippen LogP contribution in [-0.2, 0) is 0 Å². The van der Waals surface area contributed by atoms with Crippen LogP contribution in [0.2, 0.25) is 10.4 Å². The van der Waals surface area contributed by atoms with Crippen LogP contribution in [0.5, 0.6) is 0 Å². The van der Waals surface area contributed by atoms with Gasteiger partial charge in [-0.3, -0.25) is 0 Å². The van der Waals surface area contributed by atoms with Crippen molar-refractivity contribution < 1.29 is 0 Å². The molecule has 0 fully saturated rings. The molecule has 0 aliphatic carbocycles. The Kier molecular flexibility index (Phi) is 3.38. The van der Waals surface area contributed by atoms with Gasteiger partial charge in [0, 0.05) is 0 Å².